The van der Waals surface area contributed by atoms with E-state index in [1.807, 2.05) is 11.8 Å². The molecule has 4 nitrogen and oxygen atoms in total. The van der Waals surface area contributed by atoms with Gasteiger partial charge in [-0.2, -0.15) is 0 Å². The molecular weight excluding hydrogens is 218 g/mol. The van der Waals surface area contributed by atoms with Gasteiger partial charge in [-0.15, -0.1) is 0 Å². The molecule has 4 heteroatoms. The van der Waals surface area contributed by atoms with Crippen molar-refractivity contribution in [1.82, 2.24) is 4.90 Å². The molecule has 1 saturated heterocycles. The fourth-order valence-electron chi connectivity index (χ4n) is 2.64. The van der Waals surface area contributed by atoms with Gasteiger partial charge in [0.15, 0.2) is 0 Å². The van der Waals surface area contributed by atoms with Crippen LogP contribution in [0.5, 0.6) is 0 Å². The van der Waals surface area contributed by atoms with Crippen LogP contribution in [0.4, 0.5) is 0 Å². The normalized spacial score (nSPS) is 29.1. The highest BCUT2D eigenvalue weighted by Gasteiger charge is 2.35. The van der Waals surface area contributed by atoms with Crippen molar-refractivity contribution in [2.75, 3.05) is 19.8 Å². The molecule has 1 N–H and O–H groups in total. The molecule has 0 bridgehead atoms. The van der Waals surface area contributed by atoms with E-state index in [0.717, 1.165) is 19.3 Å². The number of carbonyl (C=O) groups is 1. The zero-order valence-electron chi connectivity index (χ0n) is 10.6. The average molecular weight is 241 g/mol. The zero-order valence-corrected chi connectivity index (χ0v) is 10.6. The molecule has 2 rings (SSSR count). The highest BCUT2D eigenvalue weighted by molar-refractivity contribution is 5.79. The Morgan fingerprint density at radius 1 is 1.47 bits per heavy atom. The third kappa shape index (κ3) is 2.99. The Balaban J connectivity index is 1.91. The Bertz CT molecular complexity index is 265. The van der Waals surface area contributed by atoms with Gasteiger partial charge in [-0.05, 0) is 39.0 Å². The summed E-state index contributed by atoms with van der Waals surface area (Å²) in [7, 11) is 0. The molecule has 0 aromatic carbocycles. The Morgan fingerprint density at radius 3 is 2.71 bits per heavy atom. The molecule has 0 aromatic heterocycles. The number of amides is 1. The summed E-state index contributed by atoms with van der Waals surface area (Å²) in [5, 5.41) is 8.91. The van der Waals surface area contributed by atoms with Crippen LogP contribution in [0.1, 0.15) is 39.0 Å². The molecule has 2 fully saturated rings. The third-order valence-electron chi connectivity index (χ3n) is 3.90. The number of aliphatic hydroxyl groups is 1. The van der Waals surface area contributed by atoms with Crippen molar-refractivity contribution >= 4 is 5.91 Å². The predicted molar refractivity (Wildman–Crippen MR) is 64.6 cm³/mol. The lowest BCUT2D eigenvalue weighted by Gasteiger charge is -2.38. The quantitative estimate of drug-likeness (QED) is 0.786. The summed E-state index contributed by atoms with van der Waals surface area (Å²) < 4.78 is 5.48. The van der Waals surface area contributed by atoms with Crippen LogP contribution in [0.25, 0.3) is 0 Å². The lowest BCUT2D eigenvalue weighted by molar-refractivity contribution is -0.139. The standard InChI is InChI=1S/C13H23NO3/c1-10-8-11(9-17-10)13(16)14(6-3-7-15)12-4-2-5-12/h10-12,15H,2-9H2,1H3. The van der Waals surface area contributed by atoms with Crippen LogP contribution in [-0.4, -0.2) is 47.8 Å². The van der Waals surface area contributed by atoms with Crippen LogP contribution in [-0.2, 0) is 9.53 Å². The summed E-state index contributed by atoms with van der Waals surface area (Å²) >= 11 is 0. The van der Waals surface area contributed by atoms with Crippen molar-refractivity contribution in [2.45, 2.75) is 51.2 Å². The van der Waals surface area contributed by atoms with E-state index in [-0.39, 0.29) is 24.5 Å². The molecule has 2 aliphatic rings. The van der Waals surface area contributed by atoms with Crippen molar-refractivity contribution in [2.24, 2.45) is 5.92 Å². The molecule has 1 saturated carbocycles. The van der Waals surface area contributed by atoms with E-state index in [4.69, 9.17) is 9.84 Å². The maximum atomic E-state index is 12.4. The summed E-state index contributed by atoms with van der Waals surface area (Å²) in [6.07, 6.45) is 5.23. The van der Waals surface area contributed by atoms with Crippen molar-refractivity contribution in [3.05, 3.63) is 0 Å². The lowest BCUT2D eigenvalue weighted by atomic mass is 9.90. The topological polar surface area (TPSA) is 49.8 Å². The summed E-state index contributed by atoms with van der Waals surface area (Å²) in [4.78, 5) is 14.4. The molecule has 2 unspecified atom stereocenters. The number of aliphatic hydroxyl groups excluding tert-OH is 1. The van der Waals surface area contributed by atoms with Gasteiger partial charge in [-0.1, -0.05) is 0 Å². The largest absolute Gasteiger partial charge is 0.396 e. The molecule has 0 spiro atoms. The average Bonchev–Trinajstić information content (AvgIpc) is 2.67. The van der Waals surface area contributed by atoms with E-state index in [9.17, 15) is 4.79 Å². The van der Waals surface area contributed by atoms with E-state index >= 15 is 0 Å². The number of carbonyl (C=O) groups excluding carboxylic acids is 1. The number of rotatable bonds is 5. The van der Waals surface area contributed by atoms with Crippen LogP contribution in [0.2, 0.25) is 0 Å². The number of nitrogens with zero attached hydrogens (tertiary/aromatic N) is 1. The monoisotopic (exact) mass is 241 g/mol. The Kier molecular flexibility index (Phi) is 4.40. The first-order valence-electron chi connectivity index (χ1n) is 6.75. The first-order chi connectivity index (χ1) is 8.22. The molecule has 1 amide bonds. The second-order valence-corrected chi connectivity index (χ2v) is 5.27. The highest BCUT2D eigenvalue weighted by atomic mass is 16.5. The molecular formula is C13H23NO3. The summed E-state index contributed by atoms with van der Waals surface area (Å²) in [6, 6.07) is 0.421. The first kappa shape index (κ1) is 12.8. The summed E-state index contributed by atoms with van der Waals surface area (Å²) in [5.41, 5.74) is 0. The Morgan fingerprint density at radius 2 is 2.24 bits per heavy atom. The molecule has 1 aliphatic carbocycles. The minimum absolute atomic E-state index is 0.0456. The fourth-order valence-corrected chi connectivity index (χ4v) is 2.64. The van der Waals surface area contributed by atoms with Crippen molar-refractivity contribution in [3.63, 3.8) is 0 Å². The molecule has 0 aromatic rings. The van der Waals surface area contributed by atoms with Gasteiger partial charge in [0, 0.05) is 19.2 Å². The third-order valence-corrected chi connectivity index (χ3v) is 3.90. The second-order valence-electron chi connectivity index (χ2n) is 5.27. The van der Waals surface area contributed by atoms with Gasteiger partial charge in [0.05, 0.1) is 18.6 Å². The minimum atomic E-state index is 0.0456. The molecule has 2 atom stereocenters. The van der Waals surface area contributed by atoms with E-state index in [1.54, 1.807) is 0 Å². The van der Waals surface area contributed by atoms with Gasteiger partial charge in [0.25, 0.3) is 0 Å². The smallest absolute Gasteiger partial charge is 0.228 e. The van der Waals surface area contributed by atoms with E-state index in [1.165, 1.54) is 6.42 Å². The second kappa shape index (κ2) is 5.83. The maximum Gasteiger partial charge on any atom is 0.228 e. The van der Waals surface area contributed by atoms with Crippen molar-refractivity contribution in [3.8, 4) is 0 Å². The number of hydrogen-bond donors (Lipinski definition) is 1. The van der Waals surface area contributed by atoms with Gasteiger partial charge in [-0.3, -0.25) is 4.79 Å². The first-order valence-corrected chi connectivity index (χ1v) is 6.75. The summed E-state index contributed by atoms with van der Waals surface area (Å²) in [5.74, 6) is 0.289. The SMILES string of the molecule is CC1CC(C(=O)N(CCCO)C2CCC2)CO1. The molecule has 17 heavy (non-hydrogen) atoms. The fraction of sp³-hybridized carbons (Fsp3) is 0.923. The Labute approximate surface area is 103 Å². The van der Waals surface area contributed by atoms with Gasteiger partial charge >= 0.3 is 0 Å². The van der Waals surface area contributed by atoms with Crippen LogP contribution >= 0.6 is 0 Å². The molecule has 1 aliphatic heterocycles. The molecule has 0 radical (unpaired) electrons. The predicted octanol–water partition coefficient (Wildman–Crippen LogP) is 1.17. The zero-order chi connectivity index (χ0) is 12.3. The lowest BCUT2D eigenvalue weighted by Crippen LogP contribution is -2.47. The van der Waals surface area contributed by atoms with Gasteiger partial charge in [0.2, 0.25) is 5.91 Å². The van der Waals surface area contributed by atoms with Crippen LogP contribution in [0.15, 0.2) is 0 Å². The summed E-state index contributed by atoms with van der Waals surface area (Å²) in [6.45, 7) is 3.45. The maximum absolute atomic E-state index is 12.4. The Hall–Kier alpha value is -0.610. The number of ether oxygens (including phenoxy) is 1. The number of hydrogen-bond acceptors (Lipinski definition) is 3. The van der Waals surface area contributed by atoms with Gasteiger partial charge < -0.3 is 14.7 Å². The van der Waals surface area contributed by atoms with Crippen LogP contribution < -0.4 is 0 Å². The van der Waals surface area contributed by atoms with Crippen LogP contribution in [0.3, 0.4) is 0 Å². The molecule has 1 heterocycles. The molecule has 98 valence electrons. The van der Waals surface area contributed by atoms with E-state index < -0.39 is 0 Å². The van der Waals surface area contributed by atoms with E-state index in [2.05, 4.69) is 0 Å². The van der Waals surface area contributed by atoms with Gasteiger partial charge in [0.1, 0.15) is 0 Å². The van der Waals surface area contributed by atoms with Crippen molar-refractivity contribution < 1.29 is 14.6 Å². The van der Waals surface area contributed by atoms with Crippen molar-refractivity contribution in [1.29, 1.82) is 0 Å². The highest BCUT2D eigenvalue weighted by Crippen LogP contribution is 2.29. The van der Waals surface area contributed by atoms with Crippen LogP contribution in [0, 0.1) is 5.92 Å². The minimum Gasteiger partial charge on any atom is -0.396 e. The van der Waals surface area contributed by atoms with E-state index in [0.29, 0.717) is 25.6 Å². The van der Waals surface area contributed by atoms with Gasteiger partial charge in [-0.25, -0.2) is 0 Å².